The van der Waals surface area contributed by atoms with E-state index in [9.17, 15) is 0 Å². The van der Waals surface area contributed by atoms with Crippen molar-refractivity contribution in [1.29, 1.82) is 0 Å². The molecule has 0 aliphatic carbocycles. The molecule has 0 atom stereocenters. The summed E-state index contributed by atoms with van der Waals surface area (Å²) in [5.74, 6) is 2.07. The van der Waals surface area contributed by atoms with Crippen molar-refractivity contribution in [3.05, 3.63) is 53.1 Å². The predicted molar refractivity (Wildman–Crippen MR) is 72.1 cm³/mol. The molecule has 0 aliphatic rings. The minimum Gasteiger partial charge on any atom is -0.497 e. The Morgan fingerprint density at radius 3 is 2.56 bits per heavy atom. The summed E-state index contributed by atoms with van der Waals surface area (Å²) in [5.41, 5.74) is 3.08. The highest BCUT2D eigenvalue weighted by atomic mass is 35.5. The molecule has 0 unspecified atom stereocenters. The van der Waals surface area contributed by atoms with Crippen LogP contribution in [-0.4, -0.2) is 17.1 Å². The Balaban J connectivity index is 2.17. The Morgan fingerprint density at radius 2 is 1.94 bits per heavy atom. The second-order valence-electron chi connectivity index (χ2n) is 4.07. The van der Waals surface area contributed by atoms with Crippen LogP contribution < -0.4 is 4.74 Å². The van der Waals surface area contributed by atoms with Crippen LogP contribution in [0.25, 0.3) is 0 Å². The average Bonchev–Trinajstić information content (AvgIpc) is 2.42. The van der Waals surface area contributed by atoms with Gasteiger partial charge in [0.2, 0.25) is 0 Å². The zero-order chi connectivity index (χ0) is 13.0. The molecule has 0 bridgehead atoms. The Hall–Kier alpha value is -1.61. The molecular weight excluding hydrogens is 248 g/mol. The molecule has 94 valence electrons. The Labute approximate surface area is 112 Å². The molecule has 0 amide bonds. The lowest BCUT2D eigenvalue weighted by molar-refractivity contribution is 0.414. The number of methoxy groups -OCH3 is 1. The number of rotatable bonds is 4. The standard InChI is InChI=1S/C14H15ClN2O/c1-10-9-16-14(17-13(10)8-15)7-11-3-5-12(18-2)6-4-11/h3-6,9H,7-8H2,1-2H3. The van der Waals surface area contributed by atoms with Gasteiger partial charge in [0.15, 0.2) is 0 Å². The number of aryl methyl sites for hydroxylation is 1. The quantitative estimate of drug-likeness (QED) is 0.794. The summed E-state index contributed by atoms with van der Waals surface area (Å²) in [7, 11) is 1.66. The Kier molecular flexibility index (Phi) is 4.15. The monoisotopic (exact) mass is 262 g/mol. The van der Waals surface area contributed by atoms with Crippen molar-refractivity contribution >= 4 is 11.6 Å². The van der Waals surface area contributed by atoms with Gasteiger partial charge in [0.25, 0.3) is 0 Å². The molecule has 0 N–H and O–H groups in total. The minimum atomic E-state index is 0.421. The van der Waals surface area contributed by atoms with Crippen LogP contribution in [0.15, 0.2) is 30.5 Å². The SMILES string of the molecule is COc1ccc(Cc2ncc(C)c(CCl)n2)cc1. The van der Waals surface area contributed by atoms with Crippen LogP contribution in [0.4, 0.5) is 0 Å². The van der Waals surface area contributed by atoms with Gasteiger partial charge in [-0.2, -0.15) is 0 Å². The van der Waals surface area contributed by atoms with Gasteiger partial charge in [0, 0.05) is 12.6 Å². The van der Waals surface area contributed by atoms with E-state index in [-0.39, 0.29) is 0 Å². The highest BCUT2D eigenvalue weighted by Gasteiger charge is 2.04. The number of alkyl halides is 1. The molecule has 0 saturated carbocycles. The fourth-order valence-corrected chi connectivity index (χ4v) is 1.94. The fraction of sp³-hybridized carbons (Fsp3) is 0.286. The molecule has 0 radical (unpaired) electrons. The summed E-state index contributed by atoms with van der Waals surface area (Å²) in [6, 6.07) is 7.91. The third-order valence-electron chi connectivity index (χ3n) is 2.77. The van der Waals surface area contributed by atoms with Crippen LogP contribution in [0, 0.1) is 6.92 Å². The first-order chi connectivity index (χ1) is 8.72. The molecule has 2 rings (SSSR count). The number of nitrogens with zero attached hydrogens (tertiary/aromatic N) is 2. The van der Waals surface area contributed by atoms with Gasteiger partial charge < -0.3 is 4.74 Å². The van der Waals surface area contributed by atoms with Crippen molar-refractivity contribution in [3.8, 4) is 5.75 Å². The van der Waals surface area contributed by atoms with Crippen molar-refractivity contribution in [2.45, 2.75) is 19.2 Å². The fourth-order valence-electron chi connectivity index (χ4n) is 1.67. The summed E-state index contributed by atoms with van der Waals surface area (Å²) >= 11 is 5.84. The molecule has 3 nitrogen and oxygen atoms in total. The first kappa shape index (κ1) is 12.8. The lowest BCUT2D eigenvalue weighted by Crippen LogP contribution is -2.01. The maximum atomic E-state index is 5.84. The topological polar surface area (TPSA) is 35.0 Å². The van der Waals surface area contributed by atoms with Crippen LogP contribution in [0.5, 0.6) is 5.75 Å². The van der Waals surface area contributed by atoms with E-state index in [0.717, 1.165) is 28.4 Å². The normalized spacial score (nSPS) is 10.4. The molecule has 0 aliphatic heterocycles. The summed E-state index contributed by atoms with van der Waals surface area (Å²) in [6.45, 7) is 1.97. The number of aromatic nitrogens is 2. The molecule has 2 aromatic rings. The largest absolute Gasteiger partial charge is 0.497 e. The van der Waals surface area contributed by atoms with E-state index in [0.29, 0.717) is 12.3 Å². The molecule has 18 heavy (non-hydrogen) atoms. The minimum absolute atomic E-state index is 0.421. The van der Waals surface area contributed by atoms with Crippen LogP contribution in [0.3, 0.4) is 0 Å². The summed E-state index contributed by atoms with van der Waals surface area (Å²) in [4.78, 5) is 8.78. The lowest BCUT2D eigenvalue weighted by atomic mass is 10.1. The summed E-state index contributed by atoms with van der Waals surface area (Å²) < 4.78 is 5.12. The number of ether oxygens (including phenoxy) is 1. The third kappa shape index (κ3) is 2.99. The first-order valence-electron chi connectivity index (χ1n) is 5.73. The molecule has 4 heteroatoms. The molecule has 0 saturated heterocycles. The van der Waals surface area contributed by atoms with Crippen molar-refractivity contribution in [1.82, 2.24) is 9.97 Å². The van der Waals surface area contributed by atoms with Gasteiger partial charge in [-0.3, -0.25) is 0 Å². The number of hydrogen-bond donors (Lipinski definition) is 0. The predicted octanol–water partition coefficient (Wildman–Crippen LogP) is 3.12. The number of hydrogen-bond acceptors (Lipinski definition) is 3. The summed E-state index contributed by atoms with van der Waals surface area (Å²) in [5, 5.41) is 0. The molecule has 0 spiro atoms. The van der Waals surface area contributed by atoms with Gasteiger partial charge in [0.05, 0.1) is 18.7 Å². The van der Waals surface area contributed by atoms with Crippen molar-refractivity contribution in [2.24, 2.45) is 0 Å². The Bertz CT molecular complexity index is 526. The van der Waals surface area contributed by atoms with Gasteiger partial charge in [0.1, 0.15) is 11.6 Å². The van der Waals surface area contributed by atoms with Gasteiger partial charge in [-0.05, 0) is 30.2 Å². The van der Waals surface area contributed by atoms with Crippen molar-refractivity contribution in [2.75, 3.05) is 7.11 Å². The number of halogens is 1. The van der Waals surface area contributed by atoms with E-state index >= 15 is 0 Å². The highest BCUT2D eigenvalue weighted by Crippen LogP contribution is 2.14. The molecule has 1 aromatic heterocycles. The number of benzene rings is 1. The van der Waals surface area contributed by atoms with E-state index in [1.165, 1.54) is 0 Å². The second kappa shape index (κ2) is 5.83. The maximum absolute atomic E-state index is 5.84. The van der Waals surface area contributed by atoms with Crippen LogP contribution >= 0.6 is 11.6 Å². The van der Waals surface area contributed by atoms with Gasteiger partial charge in [-0.15, -0.1) is 11.6 Å². The zero-order valence-electron chi connectivity index (χ0n) is 10.5. The summed E-state index contributed by atoms with van der Waals surface area (Å²) in [6.07, 6.45) is 2.53. The zero-order valence-corrected chi connectivity index (χ0v) is 11.2. The van der Waals surface area contributed by atoms with Gasteiger partial charge in [-0.25, -0.2) is 9.97 Å². The second-order valence-corrected chi connectivity index (χ2v) is 4.34. The Morgan fingerprint density at radius 1 is 1.22 bits per heavy atom. The van der Waals surface area contributed by atoms with E-state index in [4.69, 9.17) is 16.3 Å². The first-order valence-corrected chi connectivity index (χ1v) is 6.26. The molecule has 1 heterocycles. The van der Waals surface area contributed by atoms with Crippen molar-refractivity contribution in [3.63, 3.8) is 0 Å². The van der Waals surface area contributed by atoms with E-state index in [1.807, 2.05) is 37.4 Å². The van der Waals surface area contributed by atoms with E-state index < -0.39 is 0 Å². The third-order valence-corrected chi connectivity index (χ3v) is 3.03. The van der Waals surface area contributed by atoms with Gasteiger partial charge in [-0.1, -0.05) is 12.1 Å². The van der Waals surface area contributed by atoms with E-state index in [1.54, 1.807) is 7.11 Å². The lowest BCUT2D eigenvalue weighted by Gasteiger charge is -2.05. The average molecular weight is 263 g/mol. The molecule has 1 aromatic carbocycles. The van der Waals surface area contributed by atoms with E-state index in [2.05, 4.69) is 9.97 Å². The molecule has 0 fully saturated rings. The van der Waals surface area contributed by atoms with Crippen molar-refractivity contribution < 1.29 is 4.74 Å². The van der Waals surface area contributed by atoms with Gasteiger partial charge >= 0.3 is 0 Å². The van der Waals surface area contributed by atoms with Crippen LogP contribution in [0.1, 0.15) is 22.6 Å². The van der Waals surface area contributed by atoms with Crippen LogP contribution in [-0.2, 0) is 12.3 Å². The highest BCUT2D eigenvalue weighted by molar-refractivity contribution is 6.16. The maximum Gasteiger partial charge on any atom is 0.132 e. The molecular formula is C14H15ClN2O. The van der Waals surface area contributed by atoms with Crippen LogP contribution in [0.2, 0.25) is 0 Å². The smallest absolute Gasteiger partial charge is 0.132 e.